The fraction of sp³-hybridized carbons (Fsp3) is 0.500. The molecule has 3 unspecified atom stereocenters. The summed E-state index contributed by atoms with van der Waals surface area (Å²) in [5.41, 5.74) is 6.46. The van der Waals surface area contributed by atoms with Crippen LogP contribution in [0.15, 0.2) is 18.2 Å². The fourth-order valence-corrected chi connectivity index (χ4v) is 2.20. The fourth-order valence-electron chi connectivity index (χ4n) is 2.20. The van der Waals surface area contributed by atoms with Gasteiger partial charge in [0.05, 0.1) is 32.3 Å². The Kier molecular flexibility index (Phi) is 4.57. The predicted molar refractivity (Wildman–Crippen MR) is 71.8 cm³/mol. The minimum atomic E-state index is -0.452. The normalized spacial score (nSPS) is 23.4. The van der Waals surface area contributed by atoms with Crippen LogP contribution in [-0.4, -0.2) is 32.3 Å². The van der Waals surface area contributed by atoms with Crippen molar-refractivity contribution in [1.29, 1.82) is 0 Å². The van der Waals surface area contributed by atoms with E-state index in [1.54, 1.807) is 13.0 Å². The topological polar surface area (TPSA) is 73.6 Å². The standard InChI is InChI=1S/C14H19FN2O3/c1-8(9-3-4-13(19-2)11(15)5-9)17-14(18)10-6-20-7-12(10)16/h3-5,8,10,12H,6-7,16H2,1-2H3,(H,17,18). The molecule has 2 rings (SSSR count). The Bertz CT molecular complexity index is 495. The van der Waals surface area contributed by atoms with Crippen molar-refractivity contribution in [2.45, 2.75) is 19.0 Å². The van der Waals surface area contributed by atoms with Gasteiger partial charge in [-0.25, -0.2) is 4.39 Å². The van der Waals surface area contributed by atoms with Gasteiger partial charge < -0.3 is 20.5 Å². The molecule has 1 aromatic carbocycles. The lowest BCUT2D eigenvalue weighted by Gasteiger charge is -2.19. The highest BCUT2D eigenvalue weighted by atomic mass is 19.1. The van der Waals surface area contributed by atoms with Crippen molar-refractivity contribution in [3.8, 4) is 5.75 Å². The summed E-state index contributed by atoms with van der Waals surface area (Å²) in [7, 11) is 1.41. The van der Waals surface area contributed by atoms with Gasteiger partial charge in [0, 0.05) is 6.04 Å². The van der Waals surface area contributed by atoms with Gasteiger partial charge in [-0.3, -0.25) is 4.79 Å². The monoisotopic (exact) mass is 282 g/mol. The maximum Gasteiger partial charge on any atom is 0.227 e. The van der Waals surface area contributed by atoms with E-state index in [4.69, 9.17) is 15.2 Å². The SMILES string of the molecule is COc1ccc(C(C)NC(=O)C2COCC2N)cc1F. The van der Waals surface area contributed by atoms with Crippen molar-refractivity contribution in [1.82, 2.24) is 5.32 Å². The molecule has 0 aromatic heterocycles. The first-order valence-electron chi connectivity index (χ1n) is 6.50. The summed E-state index contributed by atoms with van der Waals surface area (Å²) in [6.45, 7) is 2.51. The molecule has 5 nitrogen and oxygen atoms in total. The number of amides is 1. The van der Waals surface area contributed by atoms with Crippen LogP contribution in [0.25, 0.3) is 0 Å². The average molecular weight is 282 g/mol. The molecule has 20 heavy (non-hydrogen) atoms. The van der Waals surface area contributed by atoms with Crippen LogP contribution in [0, 0.1) is 11.7 Å². The lowest BCUT2D eigenvalue weighted by atomic mass is 10.0. The Morgan fingerprint density at radius 1 is 1.55 bits per heavy atom. The molecule has 1 fully saturated rings. The maximum atomic E-state index is 13.6. The molecular weight excluding hydrogens is 263 g/mol. The van der Waals surface area contributed by atoms with E-state index in [-0.39, 0.29) is 29.7 Å². The van der Waals surface area contributed by atoms with Crippen molar-refractivity contribution in [2.75, 3.05) is 20.3 Å². The van der Waals surface area contributed by atoms with E-state index in [0.29, 0.717) is 18.8 Å². The Hall–Kier alpha value is -1.66. The molecular formula is C14H19FN2O3. The van der Waals surface area contributed by atoms with Gasteiger partial charge in [0.25, 0.3) is 0 Å². The lowest BCUT2D eigenvalue weighted by molar-refractivity contribution is -0.125. The number of carbonyl (C=O) groups excluding carboxylic acids is 1. The Morgan fingerprint density at radius 2 is 2.30 bits per heavy atom. The number of nitrogens with two attached hydrogens (primary N) is 1. The number of hydrogen-bond acceptors (Lipinski definition) is 4. The van der Waals surface area contributed by atoms with Crippen LogP contribution in [0.5, 0.6) is 5.75 Å². The van der Waals surface area contributed by atoms with E-state index in [2.05, 4.69) is 5.32 Å². The summed E-state index contributed by atoms with van der Waals surface area (Å²) in [4.78, 5) is 12.1. The molecule has 1 aromatic rings. The van der Waals surface area contributed by atoms with Crippen molar-refractivity contribution in [2.24, 2.45) is 11.7 Å². The summed E-state index contributed by atoms with van der Waals surface area (Å²) >= 11 is 0. The number of carbonyl (C=O) groups is 1. The van der Waals surface area contributed by atoms with Crippen molar-refractivity contribution in [3.05, 3.63) is 29.6 Å². The number of benzene rings is 1. The molecule has 1 aliphatic heterocycles. The van der Waals surface area contributed by atoms with Gasteiger partial charge >= 0.3 is 0 Å². The first kappa shape index (κ1) is 14.7. The zero-order valence-electron chi connectivity index (χ0n) is 11.6. The molecule has 1 aliphatic rings. The zero-order valence-corrected chi connectivity index (χ0v) is 11.6. The quantitative estimate of drug-likeness (QED) is 0.863. The number of nitrogens with one attached hydrogen (secondary N) is 1. The molecule has 0 spiro atoms. The second-order valence-corrected chi connectivity index (χ2v) is 4.93. The molecule has 1 saturated heterocycles. The molecule has 6 heteroatoms. The van der Waals surface area contributed by atoms with Gasteiger partial charge in [0.2, 0.25) is 5.91 Å². The lowest BCUT2D eigenvalue weighted by Crippen LogP contribution is -2.41. The molecule has 0 radical (unpaired) electrons. The van der Waals surface area contributed by atoms with E-state index in [0.717, 1.165) is 0 Å². The van der Waals surface area contributed by atoms with Crippen molar-refractivity contribution < 1.29 is 18.7 Å². The number of rotatable bonds is 4. The van der Waals surface area contributed by atoms with Crippen LogP contribution in [-0.2, 0) is 9.53 Å². The predicted octanol–water partition coefficient (Wildman–Crippen LogP) is 0.985. The Balaban J connectivity index is 2.02. The number of methoxy groups -OCH3 is 1. The van der Waals surface area contributed by atoms with Crippen LogP contribution in [0.1, 0.15) is 18.5 Å². The summed E-state index contributed by atoms with van der Waals surface area (Å²) < 4.78 is 23.7. The molecule has 0 saturated carbocycles. The number of halogens is 1. The third kappa shape index (κ3) is 3.08. The number of ether oxygens (including phenoxy) is 2. The van der Waals surface area contributed by atoms with E-state index < -0.39 is 5.82 Å². The van der Waals surface area contributed by atoms with Gasteiger partial charge in [-0.15, -0.1) is 0 Å². The van der Waals surface area contributed by atoms with E-state index in [1.807, 2.05) is 0 Å². The van der Waals surface area contributed by atoms with Gasteiger partial charge in [0.1, 0.15) is 0 Å². The zero-order chi connectivity index (χ0) is 14.7. The van der Waals surface area contributed by atoms with Crippen LogP contribution in [0.3, 0.4) is 0 Å². The Morgan fingerprint density at radius 3 is 2.85 bits per heavy atom. The highest BCUT2D eigenvalue weighted by Gasteiger charge is 2.32. The first-order valence-corrected chi connectivity index (χ1v) is 6.50. The van der Waals surface area contributed by atoms with Crippen LogP contribution in [0.2, 0.25) is 0 Å². The van der Waals surface area contributed by atoms with Crippen LogP contribution in [0.4, 0.5) is 4.39 Å². The molecule has 0 aliphatic carbocycles. The molecule has 110 valence electrons. The van der Waals surface area contributed by atoms with Gasteiger partial charge in [0.15, 0.2) is 11.6 Å². The van der Waals surface area contributed by atoms with Crippen molar-refractivity contribution >= 4 is 5.91 Å². The third-order valence-electron chi connectivity index (χ3n) is 3.50. The van der Waals surface area contributed by atoms with Crippen LogP contribution < -0.4 is 15.8 Å². The molecule has 1 amide bonds. The summed E-state index contributed by atoms with van der Waals surface area (Å²) in [6.07, 6.45) is 0. The maximum absolute atomic E-state index is 13.6. The van der Waals surface area contributed by atoms with Crippen LogP contribution >= 0.6 is 0 Å². The molecule has 3 atom stereocenters. The van der Waals surface area contributed by atoms with E-state index in [1.165, 1.54) is 19.2 Å². The Labute approximate surface area is 117 Å². The highest BCUT2D eigenvalue weighted by Crippen LogP contribution is 2.22. The van der Waals surface area contributed by atoms with Gasteiger partial charge in [-0.2, -0.15) is 0 Å². The summed E-state index contributed by atoms with van der Waals surface area (Å²) in [6, 6.07) is 4.02. The van der Waals surface area contributed by atoms with Crippen molar-refractivity contribution in [3.63, 3.8) is 0 Å². The summed E-state index contributed by atoms with van der Waals surface area (Å²) in [5.74, 6) is -0.787. The first-order chi connectivity index (χ1) is 9.52. The number of hydrogen-bond donors (Lipinski definition) is 2. The van der Waals surface area contributed by atoms with Gasteiger partial charge in [-0.1, -0.05) is 6.07 Å². The second kappa shape index (κ2) is 6.19. The smallest absolute Gasteiger partial charge is 0.227 e. The minimum absolute atomic E-state index is 0.168. The van der Waals surface area contributed by atoms with Gasteiger partial charge in [-0.05, 0) is 24.6 Å². The van der Waals surface area contributed by atoms with E-state index in [9.17, 15) is 9.18 Å². The molecule has 1 heterocycles. The second-order valence-electron chi connectivity index (χ2n) is 4.93. The third-order valence-corrected chi connectivity index (χ3v) is 3.50. The molecule has 0 bridgehead atoms. The summed E-state index contributed by atoms with van der Waals surface area (Å²) in [5, 5.41) is 2.83. The average Bonchev–Trinajstić information content (AvgIpc) is 2.84. The molecule has 3 N–H and O–H groups in total. The minimum Gasteiger partial charge on any atom is -0.494 e. The van der Waals surface area contributed by atoms with E-state index >= 15 is 0 Å². The largest absolute Gasteiger partial charge is 0.494 e. The highest BCUT2D eigenvalue weighted by molar-refractivity contribution is 5.80.